The molecule has 4 nitrogen and oxygen atoms in total. The molecule has 0 N–H and O–H groups in total. The van der Waals surface area contributed by atoms with Gasteiger partial charge in [-0.1, -0.05) is 6.07 Å². The Bertz CT molecular complexity index is 712. The van der Waals surface area contributed by atoms with Crippen LogP contribution in [0.3, 0.4) is 0 Å². The maximum absolute atomic E-state index is 4.47. The van der Waals surface area contributed by atoms with E-state index in [1.165, 1.54) is 18.5 Å². The molecule has 4 rings (SSSR count). The lowest BCUT2D eigenvalue weighted by atomic mass is 10.2. The van der Waals surface area contributed by atoms with Crippen LogP contribution in [0.15, 0.2) is 43.1 Å². The summed E-state index contributed by atoms with van der Waals surface area (Å²) in [5, 5.41) is 10.0. The van der Waals surface area contributed by atoms with Crippen LogP contribution in [-0.2, 0) is 0 Å². The van der Waals surface area contributed by atoms with E-state index in [1.807, 2.05) is 6.33 Å². The fraction of sp³-hybridized carbons (Fsp3) is 0.214. The van der Waals surface area contributed by atoms with Crippen molar-refractivity contribution in [3.05, 3.63) is 48.8 Å². The Morgan fingerprint density at radius 3 is 2.72 bits per heavy atom. The monoisotopic (exact) mass is 236 g/mol. The first-order chi connectivity index (χ1) is 8.90. The fourth-order valence-corrected chi connectivity index (χ4v) is 2.21. The van der Waals surface area contributed by atoms with Crippen LogP contribution in [0, 0.1) is 0 Å². The summed E-state index contributed by atoms with van der Waals surface area (Å²) >= 11 is 0. The molecular weight excluding hydrogens is 224 g/mol. The molecule has 0 spiro atoms. The highest BCUT2D eigenvalue weighted by atomic mass is 15.1. The smallest absolute Gasteiger partial charge is 0.0995 e. The minimum atomic E-state index is 0.692. The van der Waals surface area contributed by atoms with Gasteiger partial charge in [0.25, 0.3) is 0 Å². The lowest BCUT2D eigenvalue weighted by Crippen LogP contribution is -1.90. The fourth-order valence-electron chi connectivity index (χ4n) is 2.21. The summed E-state index contributed by atoms with van der Waals surface area (Å²) in [6, 6.07) is 6.26. The van der Waals surface area contributed by atoms with Crippen LogP contribution in [-0.4, -0.2) is 19.7 Å². The van der Waals surface area contributed by atoms with E-state index in [4.69, 9.17) is 0 Å². The molecule has 0 aliphatic heterocycles. The van der Waals surface area contributed by atoms with E-state index in [-0.39, 0.29) is 0 Å². The third kappa shape index (κ3) is 1.57. The summed E-state index contributed by atoms with van der Waals surface area (Å²) in [6.45, 7) is 0. The standard InChI is InChI=1S/C14H12N4/c1-2-10(1)14-8-18(9-15-14)13-4-3-11-6-16-17-7-12(11)5-13/h3-10H,1-2H2. The summed E-state index contributed by atoms with van der Waals surface area (Å²) in [4.78, 5) is 4.47. The molecule has 1 fully saturated rings. The summed E-state index contributed by atoms with van der Waals surface area (Å²) in [5.41, 5.74) is 2.33. The first-order valence-corrected chi connectivity index (χ1v) is 6.15. The molecule has 2 heterocycles. The molecule has 0 bridgehead atoms. The van der Waals surface area contributed by atoms with Gasteiger partial charge in [-0.2, -0.15) is 10.2 Å². The molecule has 0 atom stereocenters. The Labute approximate surface area is 104 Å². The third-order valence-corrected chi connectivity index (χ3v) is 3.43. The maximum atomic E-state index is 4.47. The molecule has 1 aromatic carbocycles. The highest BCUT2D eigenvalue weighted by molar-refractivity contribution is 5.82. The Balaban J connectivity index is 1.80. The number of benzene rings is 1. The van der Waals surface area contributed by atoms with E-state index in [0.29, 0.717) is 5.92 Å². The van der Waals surface area contributed by atoms with Crippen LogP contribution in [0.25, 0.3) is 16.5 Å². The van der Waals surface area contributed by atoms with Crippen LogP contribution in [0.4, 0.5) is 0 Å². The number of fused-ring (bicyclic) bond motifs is 1. The van der Waals surface area contributed by atoms with Gasteiger partial charge in [-0.15, -0.1) is 0 Å². The van der Waals surface area contributed by atoms with Crippen molar-refractivity contribution in [1.29, 1.82) is 0 Å². The van der Waals surface area contributed by atoms with E-state index in [2.05, 4.69) is 44.1 Å². The van der Waals surface area contributed by atoms with Crippen LogP contribution in [0.5, 0.6) is 0 Å². The lowest BCUT2D eigenvalue weighted by Gasteiger charge is -2.03. The van der Waals surface area contributed by atoms with E-state index < -0.39 is 0 Å². The first-order valence-electron chi connectivity index (χ1n) is 6.15. The van der Waals surface area contributed by atoms with Crippen molar-refractivity contribution in [2.24, 2.45) is 0 Å². The molecule has 0 unspecified atom stereocenters. The minimum Gasteiger partial charge on any atom is -0.306 e. The number of nitrogens with zero attached hydrogens (tertiary/aromatic N) is 4. The zero-order chi connectivity index (χ0) is 11.9. The molecule has 3 aromatic rings. The van der Waals surface area contributed by atoms with Crippen molar-refractivity contribution in [2.75, 3.05) is 0 Å². The van der Waals surface area contributed by atoms with Gasteiger partial charge < -0.3 is 4.57 Å². The largest absolute Gasteiger partial charge is 0.306 e. The van der Waals surface area contributed by atoms with Crippen molar-refractivity contribution in [1.82, 2.24) is 19.7 Å². The minimum absolute atomic E-state index is 0.692. The van der Waals surface area contributed by atoms with Gasteiger partial charge in [0.15, 0.2) is 0 Å². The normalized spacial score (nSPS) is 15.1. The van der Waals surface area contributed by atoms with Gasteiger partial charge >= 0.3 is 0 Å². The Morgan fingerprint density at radius 2 is 1.89 bits per heavy atom. The second-order valence-corrected chi connectivity index (χ2v) is 4.78. The third-order valence-electron chi connectivity index (χ3n) is 3.43. The number of rotatable bonds is 2. The molecule has 88 valence electrons. The zero-order valence-electron chi connectivity index (χ0n) is 9.82. The molecule has 0 amide bonds. The predicted molar refractivity (Wildman–Crippen MR) is 68.6 cm³/mol. The van der Waals surface area contributed by atoms with Gasteiger partial charge in [0.2, 0.25) is 0 Å². The van der Waals surface area contributed by atoms with E-state index in [9.17, 15) is 0 Å². The predicted octanol–water partition coefficient (Wildman–Crippen LogP) is 2.69. The van der Waals surface area contributed by atoms with E-state index in [1.54, 1.807) is 12.4 Å². The molecule has 1 aliphatic carbocycles. The van der Waals surface area contributed by atoms with E-state index in [0.717, 1.165) is 16.5 Å². The first kappa shape index (κ1) is 9.76. The van der Waals surface area contributed by atoms with Crippen molar-refractivity contribution in [3.63, 3.8) is 0 Å². The number of hydrogen-bond acceptors (Lipinski definition) is 3. The molecular formula is C14H12N4. The summed E-state index contributed by atoms with van der Waals surface area (Å²) in [6.07, 6.45) is 10.2. The average Bonchev–Trinajstić information content (AvgIpc) is 3.16. The van der Waals surface area contributed by atoms with Gasteiger partial charge in [-0.3, -0.25) is 0 Å². The number of imidazole rings is 1. The van der Waals surface area contributed by atoms with E-state index >= 15 is 0 Å². The van der Waals surface area contributed by atoms with Crippen LogP contribution >= 0.6 is 0 Å². The second kappa shape index (κ2) is 3.63. The molecule has 0 saturated heterocycles. The summed E-state index contributed by atoms with van der Waals surface area (Å²) in [7, 11) is 0. The maximum Gasteiger partial charge on any atom is 0.0995 e. The van der Waals surface area contributed by atoms with Gasteiger partial charge in [0.05, 0.1) is 24.4 Å². The van der Waals surface area contributed by atoms with Gasteiger partial charge in [-0.05, 0) is 25.0 Å². The van der Waals surface area contributed by atoms with Gasteiger partial charge in [0, 0.05) is 28.6 Å². The van der Waals surface area contributed by atoms with Crippen molar-refractivity contribution in [2.45, 2.75) is 18.8 Å². The topological polar surface area (TPSA) is 43.6 Å². The molecule has 4 heteroatoms. The SMILES string of the molecule is c1cc2cnncc2cc1-n1cnc(C2CC2)c1. The molecule has 2 aromatic heterocycles. The van der Waals surface area contributed by atoms with Crippen molar-refractivity contribution in [3.8, 4) is 5.69 Å². The van der Waals surface area contributed by atoms with Crippen LogP contribution < -0.4 is 0 Å². The Kier molecular flexibility index (Phi) is 1.97. The summed E-state index contributed by atoms with van der Waals surface area (Å²) < 4.78 is 2.08. The van der Waals surface area contributed by atoms with Gasteiger partial charge in [-0.25, -0.2) is 4.98 Å². The highest BCUT2D eigenvalue weighted by Gasteiger charge is 2.25. The quantitative estimate of drug-likeness (QED) is 0.687. The number of aromatic nitrogens is 4. The summed E-state index contributed by atoms with van der Waals surface area (Å²) in [5.74, 6) is 0.692. The highest BCUT2D eigenvalue weighted by Crippen LogP contribution is 2.39. The lowest BCUT2D eigenvalue weighted by molar-refractivity contribution is 1.04. The molecule has 0 radical (unpaired) electrons. The average molecular weight is 236 g/mol. The molecule has 1 aliphatic rings. The number of hydrogen-bond donors (Lipinski definition) is 0. The Hall–Kier alpha value is -2.23. The zero-order valence-corrected chi connectivity index (χ0v) is 9.82. The van der Waals surface area contributed by atoms with Gasteiger partial charge in [0.1, 0.15) is 0 Å². The molecule has 1 saturated carbocycles. The Morgan fingerprint density at radius 1 is 1.06 bits per heavy atom. The van der Waals surface area contributed by atoms with Crippen molar-refractivity contribution >= 4 is 10.8 Å². The van der Waals surface area contributed by atoms with Crippen LogP contribution in [0.1, 0.15) is 24.5 Å². The van der Waals surface area contributed by atoms with Crippen molar-refractivity contribution < 1.29 is 0 Å². The van der Waals surface area contributed by atoms with Crippen LogP contribution in [0.2, 0.25) is 0 Å². The molecule has 18 heavy (non-hydrogen) atoms. The second-order valence-electron chi connectivity index (χ2n) is 4.78.